The summed E-state index contributed by atoms with van der Waals surface area (Å²) in [5, 5.41) is 17.5. The van der Waals surface area contributed by atoms with Crippen molar-refractivity contribution in [3.05, 3.63) is 23.8 Å². The molecular formula is C42H60N6O19. The van der Waals surface area contributed by atoms with Gasteiger partial charge in [0.25, 0.3) is 0 Å². The molecule has 0 amide bonds. The lowest BCUT2D eigenvalue weighted by Crippen LogP contribution is -2.57. The van der Waals surface area contributed by atoms with Crippen LogP contribution in [0.25, 0.3) is 0 Å². The predicted octanol–water partition coefficient (Wildman–Crippen LogP) is 1.26. The van der Waals surface area contributed by atoms with Gasteiger partial charge in [0.05, 0.1) is 38.8 Å². The Morgan fingerprint density at radius 2 is 0.955 bits per heavy atom. The topological polar surface area (TPSA) is 260 Å². The smallest absolute Gasteiger partial charge is 0.303 e. The van der Waals surface area contributed by atoms with Gasteiger partial charge >= 0.3 is 17.9 Å². The number of nitrogens with zero attached hydrogens (tertiary/aromatic N) is 6. The third-order valence-corrected chi connectivity index (χ3v) is 11.9. The molecule has 0 spiro atoms. The van der Waals surface area contributed by atoms with Crippen LogP contribution in [0.3, 0.4) is 0 Å². The van der Waals surface area contributed by atoms with Crippen LogP contribution in [0.2, 0.25) is 0 Å². The van der Waals surface area contributed by atoms with Gasteiger partial charge in [-0.3, -0.25) is 14.4 Å². The Kier molecular flexibility index (Phi) is 13.1. The normalized spacial score (nSPS) is 38.6. The van der Waals surface area contributed by atoms with Gasteiger partial charge < -0.3 is 75.8 Å². The van der Waals surface area contributed by atoms with Crippen molar-refractivity contribution in [2.24, 2.45) is 0 Å². The summed E-state index contributed by atoms with van der Waals surface area (Å²) in [6.07, 6.45) is -7.27. The summed E-state index contributed by atoms with van der Waals surface area (Å²) in [4.78, 5) is 37.4. The maximum Gasteiger partial charge on any atom is 0.303 e. The third kappa shape index (κ3) is 10.4. The fraction of sp³-hybridized carbons (Fsp3) is 0.833. The molecule has 7 fully saturated rings. The fourth-order valence-electron chi connectivity index (χ4n) is 9.65. The lowest BCUT2D eigenvalue weighted by Gasteiger charge is -2.44. The number of esters is 3. The minimum absolute atomic E-state index is 0.0275. The lowest BCUT2D eigenvalue weighted by atomic mass is 9.95. The fourth-order valence-corrected chi connectivity index (χ4v) is 9.65. The number of carbonyl (C=O) groups excluding carboxylic acids is 3. The monoisotopic (exact) mass is 952 g/mol. The Morgan fingerprint density at radius 3 is 1.45 bits per heavy atom. The summed E-state index contributed by atoms with van der Waals surface area (Å²) in [7, 11) is 0. The first-order chi connectivity index (χ1) is 31.5. The summed E-state index contributed by atoms with van der Waals surface area (Å²) >= 11 is 0. The van der Waals surface area contributed by atoms with Crippen molar-refractivity contribution in [1.82, 2.24) is 30.0 Å². The molecule has 0 saturated carbocycles. The maximum atomic E-state index is 12.8. The van der Waals surface area contributed by atoms with Gasteiger partial charge in [0, 0.05) is 20.8 Å². The zero-order valence-corrected chi connectivity index (χ0v) is 39.3. The number of fused-ring (bicyclic) bond motifs is 6. The number of aromatic nitrogens is 6. The molecule has 9 rings (SSSR count). The number of hydrogen-bond acceptors (Lipinski definition) is 23. The third-order valence-electron chi connectivity index (χ3n) is 11.9. The second kappa shape index (κ2) is 18.2. The van der Waals surface area contributed by atoms with E-state index in [0.29, 0.717) is 11.4 Å². The van der Waals surface area contributed by atoms with Gasteiger partial charge in [0.15, 0.2) is 54.2 Å². The summed E-state index contributed by atoms with van der Waals surface area (Å²) in [6, 6.07) is -1.10. The number of hydrogen-bond donors (Lipinski definition) is 0. The van der Waals surface area contributed by atoms with Crippen LogP contribution >= 0.6 is 0 Å². The average molecular weight is 953 g/mol. The van der Waals surface area contributed by atoms with E-state index in [1.165, 1.54) is 30.1 Å². The molecule has 7 saturated heterocycles. The van der Waals surface area contributed by atoms with Crippen LogP contribution in [0.1, 0.15) is 99.8 Å². The quantitative estimate of drug-likeness (QED) is 0.191. The molecule has 0 unspecified atom stereocenters. The lowest BCUT2D eigenvalue weighted by molar-refractivity contribution is -0.248. The van der Waals surface area contributed by atoms with Crippen molar-refractivity contribution in [2.45, 2.75) is 205 Å². The zero-order chi connectivity index (χ0) is 47.8. The van der Waals surface area contributed by atoms with Crippen LogP contribution in [0, 0.1) is 0 Å². The summed E-state index contributed by atoms with van der Waals surface area (Å²) < 4.78 is 100. The molecule has 15 atom stereocenters. The summed E-state index contributed by atoms with van der Waals surface area (Å²) in [6.45, 7) is 17.8. The van der Waals surface area contributed by atoms with E-state index in [4.69, 9.17) is 75.8 Å². The van der Waals surface area contributed by atoms with Crippen LogP contribution in [0.15, 0.2) is 12.4 Å². The van der Waals surface area contributed by atoms with Crippen molar-refractivity contribution < 1.29 is 90.2 Å². The van der Waals surface area contributed by atoms with Crippen molar-refractivity contribution in [1.29, 1.82) is 0 Å². The van der Waals surface area contributed by atoms with E-state index >= 15 is 0 Å². The van der Waals surface area contributed by atoms with E-state index in [1.54, 1.807) is 26.2 Å². The molecule has 7 aliphatic rings. The molecule has 0 aliphatic carbocycles. The Hall–Kier alpha value is -3.83. The highest BCUT2D eigenvalue weighted by Gasteiger charge is 2.62. The first-order valence-electron chi connectivity index (χ1n) is 22.4. The predicted molar refractivity (Wildman–Crippen MR) is 215 cm³/mol. The largest absolute Gasteiger partial charge is 0.463 e. The Bertz CT molecular complexity index is 2130. The van der Waals surface area contributed by atoms with Crippen LogP contribution in [-0.2, 0) is 103 Å². The van der Waals surface area contributed by atoms with Crippen LogP contribution in [0.4, 0.5) is 0 Å². The van der Waals surface area contributed by atoms with Crippen LogP contribution < -0.4 is 0 Å². The van der Waals surface area contributed by atoms with E-state index < -0.39 is 133 Å². The van der Waals surface area contributed by atoms with E-state index in [0.717, 1.165) is 0 Å². The maximum absolute atomic E-state index is 12.8. The van der Waals surface area contributed by atoms with Crippen LogP contribution in [-0.4, -0.2) is 171 Å². The number of rotatable bonds is 14. The van der Waals surface area contributed by atoms with Gasteiger partial charge in [-0.15, -0.1) is 10.2 Å². The molecule has 0 aromatic carbocycles. The zero-order valence-electron chi connectivity index (χ0n) is 39.3. The summed E-state index contributed by atoms with van der Waals surface area (Å²) in [5.74, 6) is -5.59. The SMILES string of the molecule is CC(=O)OC[C@H]1O[C@H](n2cc(COC[C@H]3O[C@@H]4OC(C)(C)O[C@@H]4[C@H]4OC(C)(C)O[C@H]43)nn2)[C@H](n2cc(COC[C@H]3O[C@@H]4OC(C)(C)O[C@@H]4[C@H]4OC(C)(C)O[C@H]43)nn2)[C@@H](OC(C)=O)[C@H]1OC(C)=O. The van der Waals surface area contributed by atoms with Gasteiger partial charge in [0.1, 0.15) is 79.0 Å². The van der Waals surface area contributed by atoms with Gasteiger partial charge in [-0.25, -0.2) is 9.36 Å². The molecule has 67 heavy (non-hydrogen) atoms. The molecule has 2 aromatic heterocycles. The molecule has 25 nitrogen and oxygen atoms in total. The molecular weight excluding hydrogens is 892 g/mol. The van der Waals surface area contributed by atoms with E-state index in [-0.39, 0.29) is 33.0 Å². The van der Waals surface area contributed by atoms with Crippen molar-refractivity contribution >= 4 is 17.9 Å². The highest BCUT2D eigenvalue weighted by atomic mass is 16.9. The average Bonchev–Trinajstić information content (AvgIpc) is 4.07. The summed E-state index contributed by atoms with van der Waals surface area (Å²) in [5.41, 5.74) is 0.747. The van der Waals surface area contributed by atoms with Gasteiger partial charge in [0.2, 0.25) is 0 Å². The molecule has 0 N–H and O–H groups in total. The molecule has 372 valence electrons. The van der Waals surface area contributed by atoms with E-state index in [9.17, 15) is 14.4 Å². The molecule has 9 heterocycles. The minimum Gasteiger partial charge on any atom is -0.463 e. The van der Waals surface area contributed by atoms with Crippen molar-refractivity contribution in [3.63, 3.8) is 0 Å². The molecule has 0 bridgehead atoms. The minimum atomic E-state index is -1.29. The van der Waals surface area contributed by atoms with Crippen molar-refractivity contribution in [3.8, 4) is 0 Å². The van der Waals surface area contributed by atoms with Crippen molar-refractivity contribution in [2.75, 3.05) is 19.8 Å². The second-order valence-electron chi connectivity index (χ2n) is 19.3. The second-order valence-corrected chi connectivity index (χ2v) is 19.3. The molecule has 0 radical (unpaired) electrons. The number of ether oxygens (including phenoxy) is 16. The number of carbonyl (C=O) groups is 3. The Morgan fingerprint density at radius 1 is 0.522 bits per heavy atom. The first-order valence-corrected chi connectivity index (χ1v) is 22.4. The molecule has 7 aliphatic heterocycles. The molecule has 25 heteroatoms. The van der Waals surface area contributed by atoms with Gasteiger partial charge in [-0.05, 0) is 55.4 Å². The van der Waals surface area contributed by atoms with E-state index in [2.05, 4.69) is 20.6 Å². The first kappa shape index (κ1) is 48.2. The van der Waals surface area contributed by atoms with Gasteiger partial charge in [-0.1, -0.05) is 10.4 Å². The Labute approximate surface area is 385 Å². The highest BCUT2D eigenvalue weighted by molar-refractivity contribution is 5.68. The molecule has 2 aromatic rings. The highest BCUT2D eigenvalue weighted by Crippen LogP contribution is 2.46. The Balaban J connectivity index is 0.927. The van der Waals surface area contributed by atoms with Crippen LogP contribution in [0.5, 0.6) is 0 Å². The van der Waals surface area contributed by atoms with Gasteiger partial charge in [-0.2, -0.15) is 0 Å². The standard InChI is InChI=1S/C42H60N6O19/c1-19(49)54-18-26-28(55-20(2)50)31(56-21(3)51)27(47-12-22(43-45-47)14-52-16-24-29-32(62-39(4,5)60-29)34-37(58-24)66-41(8,9)64-34)36(57-26)48-13-23(44-46-48)15-53-17-25-30-33(63-40(6,7)61-30)35-38(59-25)67-42(10,11)65-35/h12-13,24-38H,14-18H2,1-11H3/t24-,25-,26-,27-,28+,29+,30+,31-,32+,33+,34-,35-,36+,37-,38-/m1/s1. The van der Waals surface area contributed by atoms with E-state index in [1.807, 2.05) is 41.5 Å².